The smallest absolute Gasteiger partial charge is 0.509 e. The van der Waals surface area contributed by atoms with E-state index in [2.05, 4.69) is 287 Å². The van der Waals surface area contributed by atoms with E-state index in [1.807, 2.05) is 6.20 Å². The molecule has 0 saturated carbocycles. The summed E-state index contributed by atoms with van der Waals surface area (Å²) in [6.07, 6.45) is 1.93. The van der Waals surface area contributed by atoms with Crippen molar-refractivity contribution in [2.45, 2.75) is 176 Å². The minimum atomic E-state index is -0.246. The topological polar surface area (TPSA) is 33.5 Å². The minimum absolute atomic E-state index is 0. The molecular weight excluding hydrogens is 1110 g/mol. The van der Waals surface area contributed by atoms with Crippen LogP contribution in [0.4, 0.5) is 22.7 Å². The van der Waals surface area contributed by atoms with Gasteiger partial charge < -0.3 is 26.5 Å². The first kappa shape index (κ1) is 58.0. The summed E-state index contributed by atoms with van der Waals surface area (Å²) in [5.74, 6) is 2.10. The number of anilines is 4. The van der Waals surface area contributed by atoms with Crippen LogP contribution in [0.3, 0.4) is 0 Å². The first-order valence-corrected chi connectivity index (χ1v) is 26.8. The average molecular weight is 1190 g/mol. The Bertz CT molecular complexity index is 3430. The summed E-state index contributed by atoms with van der Waals surface area (Å²) < 4.78 is 9.31. The SMILES string of the molecule is CC(C)(C)c1cc(Oc2[c-]c3c(cc2)c2cc(C(C)(C)C)ccc2n3-c2cc(C(C)(C)C)ccn2)[c-]c(N2[CH-]N(c3cc(C(C)(C)C)cc(C(C)(C)c4ccccc4)c3)c3cc(C(C)(C)C)c(C(C)(C)C)cc32)c1.[CH3-].[Pt+4]. The Morgan fingerprint density at radius 1 is 0.447 bits per heavy atom. The summed E-state index contributed by atoms with van der Waals surface area (Å²) >= 11 is 0. The number of fused-ring (bicyclic) bond motifs is 4. The van der Waals surface area contributed by atoms with Crippen molar-refractivity contribution in [3.05, 3.63) is 192 Å². The van der Waals surface area contributed by atoms with Gasteiger partial charge in [-0.05, 0) is 119 Å². The number of hydrogen-bond donors (Lipinski definition) is 0. The maximum atomic E-state index is 7.06. The Morgan fingerprint density at radius 2 is 1.00 bits per heavy atom. The molecule has 0 spiro atoms. The van der Waals surface area contributed by atoms with E-state index in [1.165, 1.54) is 44.3 Å². The van der Waals surface area contributed by atoms with Crippen LogP contribution in [0.25, 0.3) is 27.6 Å². The number of rotatable bonds is 7. The minimum Gasteiger partial charge on any atom is -0.509 e. The van der Waals surface area contributed by atoms with Crippen LogP contribution >= 0.6 is 0 Å². The monoisotopic (exact) mass is 1190 g/mol. The predicted octanol–water partition coefficient (Wildman–Crippen LogP) is 19.5. The van der Waals surface area contributed by atoms with Gasteiger partial charge in [-0.15, -0.1) is 53.6 Å². The molecule has 2 aromatic heterocycles. The Balaban J connectivity index is 0.00000420. The Kier molecular flexibility index (Phi) is 15.3. The van der Waals surface area contributed by atoms with Crippen molar-refractivity contribution in [2.24, 2.45) is 0 Å². The maximum absolute atomic E-state index is 7.06. The zero-order chi connectivity index (χ0) is 53.9. The molecule has 0 saturated heterocycles. The third-order valence-corrected chi connectivity index (χ3v) is 15.3. The summed E-state index contributed by atoms with van der Waals surface area (Å²) in [7, 11) is 0. The normalized spacial score (nSPS) is 13.7. The molecule has 400 valence electrons. The molecule has 6 heteroatoms. The zero-order valence-electron chi connectivity index (χ0n) is 49.6. The number of pyridine rings is 1. The van der Waals surface area contributed by atoms with Crippen LogP contribution in [0.1, 0.15) is 183 Å². The van der Waals surface area contributed by atoms with Crippen molar-refractivity contribution in [2.75, 3.05) is 9.80 Å². The van der Waals surface area contributed by atoms with E-state index in [0.717, 1.165) is 50.6 Å². The molecule has 0 fully saturated rings. The second-order valence-electron chi connectivity index (χ2n) is 27.8. The Labute approximate surface area is 472 Å². The van der Waals surface area contributed by atoms with Crippen molar-refractivity contribution in [3.8, 4) is 17.3 Å². The van der Waals surface area contributed by atoms with E-state index in [1.54, 1.807) is 0 Å². The molecule has 0 amide bonds. The molecule has 0 aliphatic carbocycles. The molecule has 0 atom stereocenters. The first-order valence-electron chi connectivity index (χ1n) is 26.8. The summed E-state index contributed by atoms with van der Waals surface area (Å²) in [6, 6.07) is 50.6. The second kappa shape index (κ2) is 20.0. The fraction of sp³-hybridized carbons (Fsp3) is 0.386. The van der Waals surface area contributed by atoms with Crippen molar-refractivity contribution in [1.82, 2.24) is 9.55 Å². The molecule has 0 N–H and O–H groups in total. The molecular formula is C70H84N4OPt. The van der Waals surface area contributed by atoms with E-state index >= 15 is 0 Å². The van der Waals surface area contributed by atoms with Gasteiger partial charge in [-0.2, -0.15) is 6.07 Å². The summed E-state index contributed by atoms with van der Waals surface area (Å²) in [4.78, 5) is 9.75. The van der Waals surface area contributed by atoms with Crippen molar-refractivity contribution < 1.29 is 25.8 Å². The number of aromatic nitrogens is 2. The first-order chi connectivity index (χ1) is 34.2. The molecule has 0 unspecified atom stereocenters. The van der Waals surface area contributed by atoms with Crippen LogP contribution < -0.4 is 14.5 Å². The summed E-state index contributed by atoms with van der Waals surface area (Å²) in [6.45, 7) is 48.3. The van der Waals surface area contributed by atoms with Crippen LogP contribution in [0, 0.1) is 26.2 Å². The molecule has 76 heavy (non-hydrogen) atoms. The third kappa shape index (κ3) is 11.2. The molecule has 5 nitrogen and oxygen atoms in total. The van der Waals surface area contributed by atoms with Gasteiger partial charge in [-0.1, -0.05) is 193 Å². The van der Waals surface area contributed by atoms with Gasteiger partial charge in [0.2, 0.25) is 0 Å². The van der Waals surface area contributed by atoms with Crippen LogP contribution in [0.15, 0.2) is 121 Å². The summed E-state index contributed by atoms with van der Waals surface area (Å²) in [5, 5.41) is 2.27. The van der Waals surface area contributed by atoms with E-state index in [0.29, 0.717) is 11.5 Å². The molecule has 8 aromatic rings. The average Bonchev–Trinajstić information content (AvgIpc) is 3.85. The van der Waals surface area contributed by atoms with Crippen LogP contribution in [0.5, 0.6) is 11.5 Å². The van der Waals surface area contributed by atoms with Gasteiger partial charge in [0.1, 0.15) is 5.82 Å². The Morgan fingerprint density at radius 3 is 1.58 bits per heavy atom. The Hall–Kier alpha value is -5.64. The number of nitrogens with zero attached hydrogens (tertiary/aromatic N) is 4. The van der Waals surface area contributed by atoms with Crippen LogP contribution in [-0.2, 0) is 59.0 Å². The van der Waals surface area contributed by atoms with Gasteiger partial charge >= 0.3 is 21.1 Å². The van der Waals surface area contributed by atoms with E-state index in [-0.39, 0.29) is 66.4 Å². The van der Waals surface area contributed by atoms with Crippen LogP contribution in [-0.4, -0.2) is 9.55 Å². The molecule has 0 radical (unpaired) electrons. The van der Waals surface area contributed by atoms with Gasteiger partial charge in [-0.3, -0.25) is 0 Å². The molecule has 0 bridgehead atoms. The second-order valence-corrected chi connectivity index (χ2v) is 27.8. The number of hydrogen-bond acceptors (Lipinski definition) is 4. The molecule has 9 rings (SSSR count). The van der Waals surface area contributed by atoms with E-state index < -0.39 is 0 Å². The quantitative estimate of drug-likeness (QED) is 0.149. The maximum Gasteiger partial charge on any atom is 4.00 e. The number of ether oxygens (including phenoxy) is 1. The van der Waals surface area contributed by atoms with E-state index in [9.17, 15) is 0 Å². The van der Waals surface area contributed by atoms with Crippen molar-refractivity contribution in [3.63, 3.8) is 0 Å². The third-order valence-electron chi connectivity index (χ3n) is 15.3. The van der Waals surface area contributed by atoms with Gasteiger partial charge in [0.15, 0.2) is 0 Å². The van der Waals surface area contributed by atoms with Gasteiger partial charge in [0, 0.05) is 45.7 Å². The molecule has 1 aliphatic heterocycles. The largest absolute Gasteiger partial charge is 4.00 e. The van der Waals surface area contributed by atoms with Gasteiger partial charge in [0.05, 0.1) is 0 Å². The van der Waals surface area contributed by atoms with Crippen molar-refractivity contribution in [1.29, 1.82) is 0 Å². The predicted molar refractivity (Wildman–Crippen MR) is 321 cm³/mol. The standard InChI is InChI=1S/C69H81N4O.CH3.Pt/c1-63(2,3)45-26-29-58-55(37-45)54-28-27-52(40-59(54)73(58)62-38-46(30-31-70-62)64(4,5)6)74-53-36-48(66(10,11)12)34-51(39-53)72-43-71(60-41-56(67(13,14)15)57(42-61(60)72)68(16,17)18)50-33-47(65(7,8)9)32-49(35-50)69(19,20)44-24-22-21-23-25-44;;/h21-38,41-43H,1-20H3;1H3;/q-3;-1;+4. The van der Waals surface area contributed by atoms with Gasteiger partial charge in [-0.25, -0.2) is 4.98 Å². The number of benzene rings is 6. The molecule has 1 aliphatic rings. The summed E-state index contributed by atoms with van der Waals surface area (Å²) in [5.41, 5.74) is 15.6. The molecule has 6 aromatic carbocycles. The van der Waals surface area contributed by atoms with Crippen LogP contribution in [0.2, 0.25) is 0 Å². The fourth-order valence-corrected chi connectivity index (χ4v) is 10.4. The fourth-order valence-electron chi connectivity index (χ4n) is 10.4. The zero-order valence-corrected chi connectivity index (χ0v) is 51.9. The van der Waals surface area contributed by atoms with Crippen molar-refractivity contribution >= 4 is 44.6 Å². The molecule has 3 heterocycles. The van der Waals surface area contributed by atoms with Gasteiger partial charge in [0.25, 0.3) is 0 Å². The van der Waals surface area contributed by atoms with E-state index in [4.69, 9.17) is 9.72 Å².